The molecule has 126 valence electrons. The van der Waals surface area contributed by atoms with E-state index in [0.29, 0.717) is 27.2 Å². The van der Waals surface area contributed by atoms with E-state index in [4.69, 9.17) is 27.9 Å². The maximum atomic E-state index is 12.2. The van der Waals surface area contributed by atoms with Crippen LogP contribution in [0.3, 0.4) is 0 Å². The van der Waals surface area contributed by atoms with Gasteiger partial charge in [-0.3, -0.25) is 9.59 Å². The fourth-order valence-electron chi connectivity index (χ4n) is 1.89. The summed E-state index contributed by atoms with van der Waals surface area (Å²) in [6, 6.07) is 11.6. The fraction of sp³-hybridized carbons (Fsp3) is 0.176. The highest BCUT2D eigenvalue weighted by Gasteiger charge is 2.15. The van der Waals surface area contributed by atoms with Crippen LogP contribution in [-0.4, -0.2) is 17.9 Å². The van der Waals surface area contributed by atoms with Crippen molar-refractivity contribution in [2.75, 3.05) is 10.6 Å². The summed E-state index contributed by atoms with van der Waals surface area (Å²) in [5.74, 6) is -0.0168. The number of halogens is 2. The summed E-state index contributed by atoms with van der Waals surface area (Å²) in [6.45, 7) is 3.06. The van der Waals surface area contributed by atoms with Crippen LogP contribution in [0.4, 0.5) is 11.4 Å². The fourth-order valence-corrected chi connectivity index (χ4v) is 2.18. The van der Waals surface area contributed by atoms with E-state index in [2.05, 4.69) is 10.6 Å². The second-order valence-corrected chi connectivity index (χ2v) is 5.90. The molecule has 24 heavy (non-hydrogen) atoms. The van der Waals surface area contributed by atoms with Crippen LogP contribution in [0.5, 0.6) is 5.75 Å². The highest BCUT2D eigenvalue weighted by atomic mass is 35.5. The molecule has 2 N–H and O–H groups in total. The number of hydrogen-bond donors (Lipinski definition) is 2. The summed E-state index contributed by atoms with van der Waals surface area (Å²) in [4.78, 5) is 23.1. The Morgan fingerprint density at radius 1 is 0.958 bits per heavy atom. The Labute approximate surface area is 149 Å². The summed E-state index contributed by atoms with van der Waals surface area (Å²) in [6.07, 6.45) is -0.725. The Morgan fingerprint density at radius 3 is 2.08 bits per heavy atom. The lowest BCUT2D eigenvalue weighted by Gasteiger charge is -2.15. The lowest BCUT2D eigenvalue weighted by Crippen LogP contribution is -2.30. The van der Waals surface area contributed by atoms with Crippen molar-refractivity contribution in [3.8, 4) is 5.75 Å². The second kappa shape index (κ2) is 8.04. The van der Waals surface area contributed by atoms with Crippen molar-refractivity contribution in [2.45, 2.75) is 20.0 Å². The van der Waals surface area contributed by atoms with Gasteiger partial charge in [-0.2, -0.15) is 0 Å². The van der Waals surface area contributed by atoms with Crippen LogP contribution in [0.15, 0.2) is 42.5 Å². The van der Waals surface area contributed by atoms with Gasteiger partial charge in [0.1, 0.15) is 5.75 Å². The van der Waals surface area contributed by atoms with Crippen molar-refractivity contribution >= 4 is 46.4 Å². The molecule has 7 heteroatoms. The van der Waals surface area contributed by atoms with Gasteiger partial charge in [0.25, 0.3) is 5.91 Å². The minimum atomic E-state index is -0.725. The Balaban J connectivity index is 1.95. The number of nitrogens with one attached hydrogen (secondary N) is 2. The van der Waals surface area contributed by atoms with E-state index in [-0.39, 0.29) is 11.8 Å². The third-order valence-corrected chi connectivity index (χ3v) is 3.78. The minimum absolute atomic E-state index is 0.157. The topological polar surface area (TPSA) is 67.4 Å². The lowest BCUT2D eigenvalue weighted by atomic mass is 10.2. The molecule has 1 unspecified atom stereocenters. The normalized spacial score (nSPS) is 11.5. The summed E-state index contributed by atoms with van der Waals surface area (Å²) < 4.78 is 5.55. The maximum Gasteiger partial charge on any atom is 0.265 e. The summed E-state index contributed by atoms with van der Waals surface area (Å²) >= 11 is 11.8. The van der Waals surface area contributed by atoms with Gasteiger partial charge in [-0.1, -0.05) is 23.2 Å². The van der Waals surface area contributed by atoms with Crippen molar-refractivity contribution in [1.82, 2.24) is 0 Å². The maximum absolute atomic E-state index is 12.2. The van der Waals surface area contributed by atoms with E-state index in [1.165, 1.54) is 6.92 Å². The number of carbonyl (C=O) groups is 2. The van der Waals surface area contributed by atoms with Crippen LogP contribution in [-0.2, 0) is 9.59 Å². The van der Waals surface area contributed by atoms with Gasteiger partial charge in [0.2, 0.25) is 5.91 Å². The average Bonchev–Trinajstić information content (AvgIpc) is 2.52. The van der Waals surface area contributed by atoms with Gasteiger partial charge >= 0.3 is 0 Å². The first-order chi connectivity index (χ1) is 11.3. The van der Waals surface area contributed by atoms with Crippen molar-refractivity contribution < 1.29 is 14.3 Å². The number of carbonyl (C=O) groups excluding carboxylic acids is 2. The molecule has 2 amide bonds. The van der Waals surface area contributed by atoms with Crippen LogP contribution in [0.2, 0.25) is 10.0 Å². The molecule has 0 saturated carbocycles. The number of hydrogen-bond acceptors (Lipinski definition) is 3. The SMILES string of the molecule is CC(=O)Nc1ccc(NC(=O)C(C)Oc2ccc(Cl)c(Cl)c2)cc1. The predicted octanol–water partition coefficient (Wildman–Crippen LogP) is 4.36. The van der Waals surface area contributed by atoms with Crippen molar-refractivity contribution in [1.29, 1.82) is 0 Å². The molecule has 0 heterocycles. The highest BCUT2D eigenvalue weighted by molar-refractivity contribution is 6.42. The van der Waals surface area contributed by atoms with Gasteiger partial charge in [-0.25, -0.2) is 0 Å². The van der Waals surface area contributed by atoms with Crippen LogP contribution >= 0.6 is 23.2 Å². The Kier molecular flexibility index (Phi) is 6.06. The quantitative estimate of drug-likeness (QED) is 0.825. The second-order valence-electron chi connectivity index (χ2n) is 5.08. The van der Waals surface area contributed by atoms with Crippen molar-refractivity contribution in [3.05, 3.63) is 52.5 Å². The Morgan fingerprint density at radius 2 is 1.54 bits per heavy atom. The first-order valence-electron chi connectivity index (χ1n) is 7.15. The highest BCUT2D eigenvalue weighted by Crippen LogP contribution is 2.27. The van der Waals surface area contributed by atoms with Gasteiger partial charge in [-0.15, -0.1) is 0 Å². The van der Waals surface area contributed by atoms with E-state index in [1.54, 1.807) is 49.4 Å². The zero-order valence-electron chi connectivity index (χ0n) is 13.1. The molecular weight excluding hydrogens is 351 g/mol. The molecule has 0 spiro atoms. The molecule has 0 saturated heterocycles. The molecular formula is C17H16Cl2N2O3. The van der Waals surface area contributed by atoms with Gasteiger partial charge in [0, 0.05) is 24.4 Å². The molecule has 0 aliphatic carbocycles. The van der Waals surface area contributed by atoms with E-state index < -0.39 is 6.10 Å². The molecule has 2 aromatic carbocycles. The van der Waals surface area contributed by atoms with E-state index in [9.17, 15) is 9.59 Å². The number of ether oxygens (including phenoxy) is 1. The molecule has 2 rings (SSSR count). The summed E-state index contributed by atoms with van der Waals surface area (Å²) in [5, 5.41) is 6.16. The lowest BCUT2D eigenvalue weighted by molar-refractivity contribution is -0.122. The number of benzene rings is 2. The van der Waals surface area contributed by atoms with E-state index in [0.717, 1.165) is 0 Å². The standard InChI is InChI=1S/C17H16Cl2N2O3/c1-10(24-14-7-8-15(18)16(19)9-14)17(23)21-13-5-3-12(4-6-13)20-11(2)22/h3-10H,1-2H3,(H,20,22)(H,21,23). The van der Waals surface area contributed by atoms with Crippen molar-refractivity contribution in [2.24, 2.45) is 0 Å². The molecule has 5 nitrogen and oxygen atoms in total. The third-order valence-electron chi connectivity index (χ3n) is 3.05. The van der Waals surface area contributed by atoms with Crippen LogP contribution in [0, 0.1) is 0 Å². The van der Waals surface area contributed by atoms with Gasteiger partial charge in [0.15, 0.2) is 6.10 Å². The smallest absolute Gasteiger partial charge is 0.265 e. The average molecular weight is 367 g/mol. The van der Waals surface area contributed by atoms with Gasteiger partial charge < -0.3 is 15.4 Å². The first-order valence-corrected chi connectivity index (χ1v) is 7.91. The van der Waals surface area contributed by atoms with Crippen molar-refractivity contribution in [3.63, 3.8) is 0 Å². The minimum Gasteiger partial charge on any atom is -0.481 e. The third kappa shape index (κ3) is 5.15. The van der Waals surface area contributed by atoms with Gasteiger partial charge in [0.05, 0.1) is 10.0 Å². The monoisotopic (exact) mass is 366 g/mol. The molecule has 0 aliphatic heterocycles. The number of anilines is 2. The molecule has 1 atom stereocenters. The van der Waals surface area contributed by atoms with Gasteiger partial charge in [-0.05, 0) is 43.3 Å². The molecule has 0 aromatic heterocycles. The largest absolute Gasteiger partial charge is 0.481 e. The zero-order chi connectivity index (χ0) is 17.7. The Bertz CT molecular complexity index is 748. The number of amides is 2. The molecule has 0 radical (unpaired) electrons. The number of rotatable bonds is 5. The first kappa shape index (κ1) is 18.1. The predicted molar refractivity (Wildman–Crippen MR) is 95.9 cm³/mol. The van der Waals surface area contributed by atoms with Crippen LogP contribution < -0.4 is 15.4 Å². The Hall–Kier alpha value is -2.24. The molecule has 2 aromatic rings. The molecule has 0 fully saturated rings. The van der Waals surface area contributed by atoms with E-state index in [1.807, 2.05) is 0 Å². The molecule has 0 bridgehead atoms. The van der Waals surface area contributed by atoms with Crippen LogP contribution in [0.25, 0.3) is 0 Å². The summed E-state index contributed by atoms with van der Waals surface area (Å²) in [7, 11) is 0. The molecule has 0 aliphatic rings. The zero-order valence-corrected chi connectivity index (χ0v) is 14.6. The van der Waals surface area contributed by atoms with Crippen LogP contribution in [0.1, 0.15) is 13.8 Å². The summed E-state index contributed by atoms with van der Waals surface area (Å²) in [5.41, 5.74) is 1.25. The van der Waals surface area contributed by atoms with E-state index >= 15 is 0 Å².